The molecular formula is C15H15F3N2O3. The lowest BCUT2D eigenvalue weighted by Crippen LogP contribution is -2.06. The molecule has 8 heteroatoms. The van der Waals surface area contributed by atoms with Gasteiger partial charge in [-0.05, 0) is 32.0 Å². The second-order valence-corrected chi connectivity index (χ2v) is 4.55. The van der Waals surface area contributed by atoms with Crippen molar-refractivity contribution in [2.45, 2.75) is 26.6 Å². The van der Waals surface area contributed by atoms with Gasteiger partial charge in [-0.1, -0.05) is 6.07 Å². The van der Waals surface area contributed by atoms with Gasteiger partial charge in [0.15, 0.2) is 0 Å². The zero-order chi connectivity index (χ0) is 17.0. The summed E-state index contributed by atoms with van der Waals surface area (Å²) in [6.07, 6.45) is -3.05. The van der Waals surface area contributed by atoms with Gasteiger partial charge in [-0.3, -0.25) is 4.68 Å². The van der Waals surface area contributed by atoms with Gasteiger partial charge in [0, 0.05) is 12.7 Å². The van der Waals surface area contributed by atoms with Gasteiger partial charge in [0.25, 0.3) is 5.88 Å². The van der Waals surface area contributed by atoms with E-state index in [4.69, 9.17) is 9.47 Å². The molecule has 1 aromatic carbocycles. The Kier molecular flexibility index (Phi) is 4.92. The number of aromatic nitrogens is 2. The van der Waals surface area contributed by atoms with Crippen molar-refractivity contribution in [1.82, 2.24) is 9.78 Å². The molecule has 0 bridgehead atoms. The quantitative estimate of drug-likeness (QED) is 0.781. The Hall–Kier alpha value is -2.51. The number of aryl methyl sites for hydroxylation is 1. The third kappa shape index (κ3) is 4.02. The molecule has 0 amide bonds. The van der Waals surface area contributed by atoms with Crippen molar-refractivity contribution >= 4 is 5.97 Å². The summed E-state index contributed by atoms with van der Waals surface area (Å²) in [5.41, 5.74) is -0.784. The van der Waals surface area contributed by atoms with Crippen molar-refractivity contribution in [3.63, 3.8) is 0 Å². The summed E-state index contributed by atoms with van der Waals surface area (Å²) in [6, 6.07) is 4.36. The topological polar surface area (TPSA) is 53.4 Å². The maximum absolute atomic E-state index is 12.7. The highest BCUT2D eigenvalue weighted by Crippen LogP contribution is 2.33. The van der Waals surface area contributed by atoms with Crippen LogP contribution in [-0.4, -0.2) is 22.4 Å². The van der Waals surface area contributed by atoms with Crippen LogP contribution in [0.5, 0.6) is 11.6 Å². The standard InChI is InChI=1S/C15H15F3N2O3/c1-3-20-9-12(14(21)22-4-2)13(19-20)23-11-7-5-6-10(8-11)15(16,17)18/h5-9H,3-4H2,1-2H3. The number of nitrogens with zero attached hydrogens (tertiary/aromatic N) is 2. The summed E-state index contributed by atoms with van der Waals surface area (Å²) in [4.78, 5) is 11.9. The molecule has 0 saturated heterocycles. The average molecular weight is 328 g/mol. The molecule has 5 nitrogen and oxygen atoms in total. The summed E-state index contributed by atoms with van der Waals surface area (Å²) < 4.78 is 49.9. The number of ether oxygens (including phenoxy) is 2. The van der Waals surface area contributed by atoms with E-state index in [-0.39, 0.29) is 23.8 Å². The van der Waals surface area contributed by atoms with Crippen LogP contribution in [0.15, 0.2) is 30.5 Å². The van der Waals surface area contributed by atoms with Gasteiger partial charge < -0.3 is 9.47 Å². The highest BCUT2D eigenvalue weighted by molar-refractivity contribution is 5.91. The van der Waals surface area contributed by atoms with E-state index in [1.54, 1.807) is 13.8 Å². The summed E-state index contributed by atoms with van der Waals surface area (Å²) in [7, 11) is 0. The molecular weight excluding hydrogens is 313 g/mol. The monoisotopic (exact) mass is 328 g/mol. The van der Waals surface area contributed by atoms with Gasteiger partial charge in [-0.2, -0.15) is 13.2 Å². The maximum Gasteiger partial charge on any atom is 0.416 e. The molecule has 1 heterocycles. The van der Waals surface area contributed by atoms with Crippen molar-refractivity contribution in [1.29, 1.82) is 0 Å². The molecule has 0 N–H and O–H groups in total. The van der Waals surface area contributed by atoms with Crippen molar-refractivity contribution in [3.05, 3.63) is 41.6 Å². The number of hydrogen-bond acceptors (Lipinski definition) is 4. The molecule has 0 aliphatic rings. The highest BCUT2D eigenvalue weighted by atomic mass is 19.4. The van der Waals surface area contributed by atoms with Crippen LogP contribution in [-0.2, 0) is 17.5 Å². The lowest BCUT2D eigenvalue weighted by atomic mass is 10.2. The van der Waals surface area contributed by atoms with E-state index < -0.39 is 17.7 Å². The van der Waals surface area contributed by atoms with E-state index in [1.165, 1.54) is 23.0 Å². The second kappa shape index (κ2) is 6.72. The van der Waals surface area contributed by atoms with Gasteiger partial charge in [-0.25, -0.2) is 4.79 Å². The minimum absolute atomic E-state index is 0.0612. The van der Waals surface area contributed by atoms with Gasteiger partial charge in [-0.15, -0.1) is 5.10 Å². The Morgan fingerprint density at radius 3 is 2.65 bits per heavy atom. The Morgan fingerprint density at radius 1 is 1.30 bits per heavy atom. The van der Waals surface area contributed by atoms with Crippen LogP contribution in [0.2, 0.25) is 0 Å². The Bertz CT molecular complexity index is 696. The minimum atomic E-state index is -4.48. The molecule has 2 rings (SSSR count). The molecule has 124 valence electrons. The zero-order valence-corrected chi connectivity index (χ0v) is 12.6. The molecule has 1 aromatic heterocycles. The molecule has 0 saturated carbocycles. The van der Waals surface area contributed by atoms with Gasteiger partial charge in [0.1, 0.15) is 11.3 Å². The molecule has 0 aliphatic heterocycles. The predicted molar refractivity (Wildman–Crippen MR) is 75.4 cm³/mol. The summed E-state index contributed by atoms with van der Waals surface area (Å²) in [6.45, 7) is 4.09. The number of hydrogen-bond donors (Lipinski definition) is 0. The van der Waals surface area contributed by atoms with Crippen LogP contribution in [0.1, 0.15) is 29.8 Å². The first-order valence-electron chi connectivity index (χ1n) is 6.94. The fourth-order valence-corrected chi connectivity index (χ4v) is 1.84. The maximum atomic E-state index is 12.7. The van der Waals surface area contributed by atoms with E-state index in [9.17, 15) is 18.0 Å². The number of carbonyl (C=O) groups is 1. The Balaban J connectivity index is 2.32. The molecule has 0 spiro atoms. The van der Waals surface area contributed by atoms with Crippen LogP contribution < -0.4 is 4.74 Å². The van der Waals surface area contributed by atoms with Crippen LogP contribution in [0.3, 0.4) is 0 Å². The lowest BCUT2D eigenvalue weighted by Gasteiger charge is -2.09. The van der Waals surface area contributed by atoms with Crippen molar-refractivity contribution < 1.29 is 27.4 Å². The molecule has 0 radical (unpaired) electrons. The molecule has 0 atom stereocenters. The molecule has 2 aromatic rings. The number of rotatable bonds is 5. The second-order valence-electron chi connectivity index (χ2n) is 4.55. The minimum Gasteiger partial charge on any atom is -0.462 e. The van der Waals surface area contributed by atoms with Gasteiger partial charge in [0.05, 0.1) is 12.2 Å². The van der Waals surface area contributed by atoms with Crippen LogP contribution in [0.25, 0.3) is 0 Å². The van der Waals surface area contributed by atoms with Crippen LogP contribution >= 0.6 is 0 Å². The van der Waals surface area contributed by atoms with E-state index in [1.807, 2.05) is 0 Å². The fraction of sp³-hybridized carbons (Fsp3) is 0.333. The first kappa shape index (κ1) is 16.9. The number of alkyl halides is 3. The van der Waals surface area contributed by atoms with E-state index in [2.05, 4.69) is 5.10 Å². The number of halogens is 3. The normalized spacial score (nSPS) is 11.3. The summed E-state index contributed by atoms with van der Waals surface area (Å²) in [5, 5.41) is 4.03. The third-order valence-corrected chi connectivity index (χ3v) is 2.92. The van der Waals surface area contributed by atoms with Crippen molar-refractivity contribution in [2.75, 3.05) is 6.61 Å². The van der Waals surface area contributed by atoms with Gasteiger partial charge >= 0.3 is 12.1 Å². The van der Waals surface area contributed by atoms with Gasteiger partial charge in [0.2, 0.25) is 0 Å². The summed E-state index contributed by atoms with van der Waals surface area (Å²) in [5.74, 6) is -0.800. The molecule has 0 aliphatic carbocycles. The Labute approximate surface area is 130 Å². The predicted octanol–water partition coefficient (Wildman–Crippen LogP) is 3.89. The lowest BCUT2D eigenvalue weighted by molar-refractivity contribution is -0.137. The SMILES string of the molecule is CCOC(=O)c1cn(CC)nc1Oc1cccc(C(F)(F)F)c1. The number of esters is 1. The van der Waals surface area contributed by atoms with Crippen molar-refractivity contribution in [3.8, 4) is 11.6 Å². The molecule has 0 fully saturated rings. The summed E-state index contributed by atoms with van der Waals surface area (Å²) >= 11 is 0. The van der Waals surface area contributed by atoms with Crippen molar-refractivity contribution in [2.24, 2.45) is 0 Å². The van der Waals surface area contributed by atoms with E-state index in [0.717, 1.165) is 12.1 Å². The smallest absolute Gasteiger partial charge is 0.416 e. The zero-order valence-electron chi connectivity index (χ0n) is 12.6. The first-order chi connectivity index (χ1) is 10.8. The largest absolute Gasteiger partial charge is 0.462 e. The van der Waals surface area contributed by atoms with E-state index in [0.29, 0.717) is 6.54 Å². The molecule has 23 heavy (non-hydrogen) atoms. The molecule has 0 unspecified atom stereocenters. The highest BCUT2D eigenvalue weighted by Gasteiger charge is 2.31. The first-order valence-corrected chi connectivity index (χ1v) is 6.94. The van der Waals surface area contributed by atoms with Crippen LogP contribution in [0.4, 0.5) is 13.2 Å². The number of carbonyl (C=O) groups excluding carboxylic acids is 1. The third-order valence-electron chi connectivity index (χ3n) is 2.92. The van der Waals surface area contributed by atoms with Crippen LogP contribution in [0, 0.1) is 0 Å². The number of benzene rings is 1. The average Bonchev–Trinajstić information content (AvgIpc) is 2.90. The Morgan fingerprint density at radius 2 is 2.04 bits per heavy atom. The van der Waals surface area contributed by atoms with E-state index >= 15 is 0 Å². The fourth-order valence-electron chi connectivity index (χ4n) is 1.84.